The lowest BCUT2D eigenvalue weighted by Crippen LogP contribution is -2.44. The van der Waals surface area contributed by atoms with E-state index in [4.69, 9.17) is 9.47 Å². The zero-order chi connectivity index (χ0) is 10.4. The molecule has 1 heterocycles. The van der Waals surface area contributed by atoms with Gasteiger partial charge in [-0.3, -0.25) is 4.90 Å². The molecule has 14 heavy (non-hydrogen) atoms. The van der Waals surface area contributed by atoms with Crippen molar-refractivity contribution in [3.8, 4) is 0 Å². The minimum atomic E-state index is 0.336. The largest absolute Gasteiger partial charge is 0.377 e. The Kier molecular flexibility index (Phi) is 6.01. The number of morpholine rings is 1. The van der Waals surface area contributed by atoms with Crippen molar-refractivity contribution in [2.24, 2.45) is 0 Å². The minimum Gasteiger partial charge on any atom is -0.377 e. The number of hydrogen-bond acceptors (Lipinski definition) is 3. The quantitative estimate of drug-likeness (QED) is 0.704. The molecule has 0 aromatic carbocycles. The van der Waals surface area contributed by atoms with Crippen LogP contribution >= 0.6 is 15.9 Å². The van der Waals surface area contributed by atoms with Crippen LogP contribution in [0.1, 0.15) is 13.8 Å². The summed E-state index contributed by atoms with van der Waals surface area (Å²) in [5, 5.41) is 0.925. The van der Waals surface area contributed by atoms with E-state index in [0.717, 1.165) is 38.2 Å². The SMILES string of the molecule is CC(C)OCCN1CCOC(CBr)C1. The standard InChI is InChI=1S/C10H20BrNO2/c1-9(2)13-5-3-12-4-6-14-10(7-11)8-12/h9-10H,3-8H2,1-2H3. The van der Waals surface area contributed by atoms with E-state index < -0.39 is 0 Å². The Morgan fingerprint density at radius 3 is 3.00 bits per heavy atom. The highest BCUT2D eigenvalue weighted by molar-refractivity contribution is 9.09. The molecule has 3 nitrogen and oxygen atoms in total. The predicted octanol–water partition coefficient (Wildman–Crippen LogP) is 1.51. The lowest BCUT2D eigenvalue weighted by atomic mass is 10.3. The first-order valence-electron chi connectivity index (χ1n) is 5.24. The molecule has 0 amide bonds. The van der Waals surface area contributed by atoms with Gasteiger partial charge in [0, 0.05) is 25.0 Å². The van der Waals surface area contributed by atoms with Crippen LogP contribution in [0.3, 0.4) is 0 Å². The molecule has 1 aliphatic rings. The Balaban J connectivity index is 2.11. The Morgan fingerprint density at radius 1 is 1.57 bits per heavy atom. The highest BCUT2D eigenvalue weighted by Crippen LogP contribution is 2.07. The molecule has 0 aromatic heterocycles. The molecular weight excluding hydrogens is 246 g/mol. The van der Waals surface area contributed by atoms with Crippen LogP contribution in [0.2, 0.25) is 0 Å². The summed E-state index contributed by atoms with van der Waals surface area (Å²) in [4.78, 5) is 2.40. The van der Waals surface area contributed by atoms with E-state index in [2.05, 4.69) is 34.7 Å². The second kappa shape index (κ2) is 6.77. The van der Waals surface area contributed by atoms with Gasteiger partial charge < -0.3 is 9.47 Å². The number of rotatable bonds is 5. The van der Waals surface area contributed by atoms with Gasteiger partial charge >= 0.3 is 0 Å². The van der Waals surface area contributed by atoms with Crippen molar-refractivity contribution in [2.75, 3.05) is 38.2 Å². The summed E-state index contributed by atoms with van der Waals surface area (Å²) in [6, 6.07) is 0. The van der Waals surface area contributed by atoms with Gasteiger partial charge in [0.05, 0.1) is 25.4 Å². The number of hydrogen-bond donors (Lipinski definition) is 0. The molecule has 1 atom stereocenters. The van der Waals surface area contributed by atoms with Crippen molar-refractivity contribution in [3.05, 3.63) is 0 Å². The molecule has 0 aromatic rings. The van der Waals surface area contributed by atoms with E-state index >= 15 is 0 Å². The molecular formula is C10H20BrNO2. The summed E-state index contributed by atoms with van der Waals surface area (Å²) in [7, 11) is 0. The van der Waals surface area contributed by atoms with Crippen molar-refractivity contribution in [1.82, 2.24) is 4.90 Å². The van der Waals surface area contributed by atoms with Crippen molar-refractivity contribution in [2.45, 2.75) is 26.1 Å². The van der Waals surface area contributed by atoms with Gasteiger partial charge in [-0.15, -0.1) is 0 Å². The zero-order valence-corrected chi connectivity index (χ0v) is 10.6. The zero-order valence-electron chi connectivity index (χ0n) is 9.04. The summed E-state index contributed by atoms with van der Waals surface area (Å²) >= 11 is 3.45. The average molecular weight is 266 g/mol. The number of halogens is 1. The summed E-state index contributed by atoms with van der Waals surface area (Å²) in [6.45, 7) is 8.88. The molecule has 1 unspecified atom stereocenters. The molecule has 0 bridgehead atoms. The predicted molar refractivity (Wildman–Crippen MR) is 61.1 cm³/mol. The summed E-state index contributed by atoms with van der Waals surface area (Å²) in [5.41, 5.74) is 0. The van der Waals surface area contributed by atoms with E-state index in [0.29, 0.717) is 12.2 Å². The Hall–Kier alpha value is 0.360. The van der Waals surface area contributed by atoms with Gasteiger partial charge in [0.25, 0.3) is 0 Å². The maximum Gasteiger partial charge on any atom is 0.0799 e. The van der Waals surface area contributed by atoms with Gasteiger partial charge in [-0.2, -0.15) is 0 Å². The Bertz CT molecular complexity index is 155. The topological polar surface area (TPSA) is 21.7 Å². The first-order chi connectivity index (χ1) is 6.72. The fourth-order valence-electron chi connectivity index (χ4n) is 1.49. The van der Waals surface area contributed by atoms with Crippen LogP contribution in [0.4, 0.5) is 0 Å². The second-order valence-electron chi connectivity index (χ2n) is 3.87. The van der Waals surface area contributed by atoms with E-state index in [1.165, 1.54) is 0 Å². The van der Waals surface area contributed by atoms with Crippen molar-refractivity contribution in [3.63, 3.8) is 0 Å². The molecule has 0 N–H and O–H groups in total. The van der Waals surface area contributed by atoms with Crippen LogP contribution < -0.4 is 0 Å². The Morgan fingerprint density at radius 2 is 2.36 bits per heavy atom. The molecule has 1 fully saturated rings. The van der Waals surface area contributed by atoms with Gasteiger partial charge in [-0.05, 0) is 13.8 Å². The van der Waals surface area contributed by atoms with Gasteiger partial charge in [-0.1, -0.05) is 15.9 Å². The molecule has 0 aliphatic carbocycles. The molecule has 1 saturated heterocycles. The smallest absolute Gasteiger partial charge is 0.0799 e. The average Bonchev–Trinajstić information content (AvgIpc) is 2.18. The number of ether oxygens (including phenoxy) is 2. The van der Waals surface area contributed by atoms with Gasteiger partial charge in [-0.25, -0.2) is 0 Å². The lowest BCUT2D eigenvalue weighted by Gasteiger charge is -2.32. The van der Waals surface area contributed by atoms with E-state index in [9.17, 15) is 0 Å². The highest BCUT2D eigenvalue weighted by atomic mass is 79.9. The van der Waals surface area contributed by atoms with Crippen LogP contribution in [-0.4, -0.2) is 55.3 Å². The van der Waals surface area contributed by atoms with Gasteiger partial charge in [0.1, 0.15) is 0 Å². The summed E-state index contributed by atoms with van der Waals surface area (Å²) < 4.78 is 11.1. The first kappa shape index (κ1) is 12.4. The van der Waals surface area contributed by atoms with Crippen LogP contribution in [0.25, 0.3) is 0 Å². The third-order valence-corrected chi connectivity index (χ3v) is 2.98. The maximum absolute atomic E-state index is 5.56. The van der Waals surface area contributed by atoms with Gasteiger partial charge in [0.15, 0.2) is 0 Å². The van der Waals surface area contributed by atoms with Gasteiger partial charge in [0.2, 0.25) is 0 Å². The van der Waals surface area contributed by atoms with Crippen LogP contribution in [0, 0.1) is 0 Å². The maximum atomic E-state index is 5.56. The fourth-order valence-corrected chi connectivity index (χ4v) is 1.89. The van der Waals surface area contributed by atoms with Crippen LogP contribution in [-0.2, 0) is 9.47 Å². The molecule has 84 valence electrons. The van der Waals surface area contributed by atoms with Crippen molar-refractivity contribution >= 4 is 15.9 Å². The van der Waals surface area contributed by atoms with Crippen LogP contribution in [0.15, 0.2) is 0 Å². The molecule has 0 saturated carbocycles. The van der Waals surface area contributed by atoms with Crippen LogP contribution in [0.5, 0.6) is 0 Å². The van der Waals surface area contributed by atoms with Crippen molar-refractivity contribution in [1.29, 1.82) is 0 Å². The highest BCUT2D eigenvalue weighted by Gasteiger charge is 2.18. The van der Waals surface area contributed by atoms with E-state index in [1.807, 2.05) is 0 Å². The Labute approximate surface area is 94.9 Å². The summed E-state index contributed by atoms with van der Waals surface area (Å²) in [5.74, 6) is 0. The third kappa shape index (κ3) is 4.73. The summed E-state index contributed by atoms with van der Waals surface area (Å²) in [6.07, 6.45) is 0.686. The molecule has 4 heteroatoms. The second-order valence-corrected chi connectivity index (χ2v) is 4.51. The lowest BCUT2D eigenvalue weighted by molar-refractivity contribution is -0.0286. The molecule has 0 radical (unpaired) electrons. The molecule has 1 rings (SSSR count). The number of alkyl halides is 1. The molecule has 1 aliphatic heterocycles. The first-order valence-corrected chi connectivity index (χ1v) is 6.36. The van der Waals surface area contributed by atoms with E-state index in [-0.39, 0.29) is 0 Å². The van der Waals surface area contributed by atoms with Crippen molar-refractivity contribution < 1.29 is 9.47 Å². The fraction of sp³-hybridized carbons (Fsp3) is 1.00. The third-order valence-electron chi connectivity index (χ3n) is 2.25. The normalized spacial score (nSPS) is 24.4. The monoisotopic (exact) mass is 265 g/mol. The minimum absolute atomic E-state index is 0.336. The van der Waals surface area contributed by atoms with E-state index in [1.54, 1.807) is 0 Å². The number of nitrogens with zero attached hydrogens (tertiary/aromatic N) is 1. The molecule has 0 spiro atoms.